The van der Waals surface area contributed by atoms with Gasteiger partial charge in [-0.25, -0.2) is 0 Å². The molecule has 0 atom stereocenters. The molecule has 0 radical (unpaired) electrons. The lowest BCUT2D eigenvalue weighted by Gasteiger charge is -1.99. The molecule has 0 bridgehead atoms. The van der Waals surface area contributed by atoms with Gasteiger partial charge < -0.3 is 10.1 Å². The summed E-state index contributed by atoms with van der Waals surface area (Å²) in [6.45, 7) is 2.76. The number of benzene rings is 1. The molecular formula is C14H15NO3. The zero-order valence-corrected chi connectivity index (χ0v) is 10.2. The summed E-state index contributed by atoms with van der Waals surface area (Å²) in [4.78, 5) is 22.5. The Morgan fingerprint density at radius 2 is 2.33 bits per heavy atom. The smallest absolute Gasteiger partial charge is 0.309 e. The molecule has 94 valence electrons. The van der Waals surface area contributed by atoms with Crippen molar-refractivity contribution >= 4 is 18.0 Å². The number of fused-ring (bicyclic) bond motifs is 1. The molecule has 0 saturated heterocycles. The van der Waals surface area contributed by atoms with Crippen LogP contribution in [0.3, 0.4) is 0 Å². The van der Waals surface area contributed by atoms with Crippen LogP contribution in [-0.2, 0) is 16.1 Å². The Labute approximate surface area is 106 Å². The minimum atomic E-state index is -0.230. The first-order valence-electron chi connectivity index (χ1n) is 5.94. The molecule has 0 unspecified atom stereocenters. The van der Waals surface area contributed by atoms with Gasteiger partial charge in [-0.2, -0.15) is 0 Å². The molecule has 4 heteroatoms. The molecule has 2 rings (SSSR count). The Morgan fingerprint density at radius 1 is 1.50 bits per heavy atom. The van der Waals surface area contributed by atoms with Crippen molar-refractivity contribution in [3.63, 3.8) is 0 Å². The van der Waals surface area contributed by atoms with Crippen LogP contribution in [0.15, 0.2) is 24.3 Å². The SMILES string of the molecule is CCOC(=O)CC=Cc1ccc2c(c1)CNC2=O. The lowest BCUT2D eigenvalue weighted by Crippen LogP contribution is -2.12. The summed E-state index contributed by atoms with van der Waals surface area (Å²) in [6.07, 6.45) is 3.89. The first-order valence-corrected chi connectivity index (χ1v) is 5.94. The summed E-state index contributed by atoms with van der Waals surface area (Å²) in [5.74, 6) is -0.251. The number of carbonyl (C=O) groups is 2. The van der Waals surface area contributed by atoms with Crippen LogP contribution in [0.2, 0.25) is 0 Å². The Hall–Kier alpha value is -2.10. The molecule has 1 aromatic rings. The highest BCUT2D eigenvalue weighted by Gasteiger charge is 2.17. The molecule has 1 amide bonds. The van der Waals surface area contributed by atoms with E-state index in [1.807, 2.05) is 24.3 Å². The minimum absolute atomic E-state index is 0.0212. The predicted molar refractivity (Wildman–Crippen MR) is 67.9 cm³/mol. The summed E-state index contributed by atoms with van der Waals surface area (Å²) in [5, 5.41) is 2.77. The van der Waals surface area contributed by atoms with Crippen molar-refractivity contribution in [2.45, 2.75) is 19.9 Å². The zero-order valence-electron chi connectivity index (χ0n) is 10.2. The van der Waals surface area contributed by atoms with Crippen molar-refractivity contribution in [1.82, 2.24) is 5.32 Å². The van der Waals surface area contributed by atoms with Crippen LogP contribution >= 0.6 is 0 Å². The van der Waals surface area contributed by atoms with E-state index in [-0.39, 0.29) is 18.3 Å². The molecule has 0 saturated carbocycles. The van der Waals surface area contributed by atoms with Gasteiger partial charge in [-0.1, -0.05) is 18.2 Å². The molecule has 1 heterocycles. The highest BCUT2D eigenvalue weighted by molar-refractivity contribution is 5.98. The van der Waals surface area contributed by atoms with Gasteiger partial charge in [0, 0.05) is 12.1 Å². The summed E-state index contributed by atoms with van der Waals surface area (Å²) >= 11 is 0. The van der Waals surface area contributed by atoms with Crippen LogP contribution in [0, 0.1) is 0 Å². The van der Waals surface area contributed by atoms with E-state index in [2.05, 4.69) is 5.32 Å². The van der Waals surface area contributed by atoms with Gasteiger partial charge in [0.15, 0.2) is 0 Å². The van der Waals surface area contributed by atoms with E-state index in [4.69, 9.17) is 4.74 Å². The van der Waals surface area contributed by atoms with Gasteiger partial charge >= 0.3 is 5.97 Å². The van der Waals surface area contributed by atoms with E-state index in [1.165, 1.54) is 0 Å². The molecule has 0 aromatic heterocycles. The van der Waals surface area contributed by atoms with E-state index in [0.717, 1.165) is 16.7 Å². The minimum Gasteiger partial charge on any atom is -0.466 e. The third-order valence-corrected chi connectivity index (χ3v) is 2.71. The molecule has 1 N–H and O–H groups in total. The van der Waals surface area contributed by atoms with E-state index in [1.54, 1.807) is 13.0 Å². The van der Waals surface area contributed by atoms with Crippen LogP contribution in [-0.4, -0.2) is 18.5 Å². The highest BCUT2D eigenvalue weighted by Crippen LogP contribution is 2.18. The highest BCUT2D eigenvalue weighted by atomic mass is 16.5. The third kappa shape index (κ3) is 2.77. The van der Waals surface area contributed by atoms with E-state index in [9.17, 15) is 9.59 Å². The van der Waals surface area contributed by atoms with E-state index in [0.29, 0.717) is 13.2 Å². The summed E-state index contributed by atoms with van der Waals surface area (Å²) in [6, 6.07) is 5.63. The number of ether oxygens (including phenoxy) is 1. The number of amides is 1. The van der Waals surface area contributed by atoms with Crippen molar-refractivity contribution in [1.29, 1.82) is 0 Å². The van der Waals surface area contributed by atoms with Crippen molar-refractivity contribution in [3.05, 3.63) is 41.0 Å². The molecule has 18 heavy (non-hydrogen) atoms. The topological polar surface area (TPSA) is 55.4 Å². The lowest BCUT2D eigenvalue weighted by atomic mass is 10.1. The zero-order chi connectivity index (χ0) is 13.0. The second-order valence-electron chi connectivity index (χ2n) is 4.01. The summed E-state index contributed by atoms with van der Waals surface area (Å²) < 4.78 is 4.82. The van der Waals surface area contributed by atoms with Gasteiger partial charge in [0.05, 0.1) is 13.0 Å². The second-order valence-corrected chi connectivity index (χ2v) is 4.01. The number of rotatable bonds is 4. The first-order chi connectivity index (χ1) is 8.70. The number of hydrogen-bond acceptors (Lipinski definition) is 3. The number of nitrogens with one attached hydrogen (secondary N) is 1. The molecule has 1 aliphatic rings. The fourth-order valence-electron chi connectivity index (χ4n) is 1.87. The van der Waals surface area contributed by atoms with Crippen molar-refractivity contribution in [3.8, 4) is 0 Å². The fourth-order valence-corrected chi connectivity index (χ4v) is 1.87. The average Bonchev–Trinajstić information content (AvgIpc) is 2.71. The number of carbonyl (C=O) groups excluding carboxylic acids is 2. The molecule has 0 spiro atoms. The van der Waals surface area contributed by atoms with Crippen molar-refractivity contribution < 1.29 is 14.3 Å². The lowest BCUT2D eigenvalue weighted by molar-refractivity contribution is -0.142. The van der Waals surface area contributed by atoms with Crippen molar-refractivity contribution in [2.75, 3.05) is 6.61 Å². The van der Waals surface area contributed by atoms with Crippen molar-refractivity contribution in [2.24, 2.45) is 0 Å². The maximum absolute atomic E-state index is 11.4. The van der Waals surface area contributed by atoms with Crippen LogP contribution in [0.4, 0.5) is 0 Å². The standard InChI is InChI=1S/C14H15NO3/c1-2-18-13(16)5-3-4-10-6-7-12-11(8-10)9-15-14(12)17/h3-4,6-8H,2,5,9H2,1H3,(H,15,17). The summed E-state index contributed by atoms with van der Waals surface area (Å²) in [7, 11) is 0. The van der Waals surface area contributed by atoms with E-state index >= 15 is 0 Å². The molecule has 4 nitrogen and oxygen atoms in total. The second kappa shape index (κ2) is 5.49. The fraction of sp³-hybridized carbons (Fsp3) is 0.286. The maximum atomic E-state index is 11.4. The predicted octanol–water partition coefficient (Wildman–Crippen LogP) is 1.90. The van der Waals surface area contributed by atoms with Gasteiger partial charge in [-0.3, -0.25) is 9.59 Å². The van der Waals surface area contributed by atoms with Gasteiger partial charge in [0.2, 0.25) is 0 Å². The largest absolute Gasteiger partial charge is 0.466 e. The molecule has 0 fully saturated rings. The van der Waals surface area contributed by atoms with Crippen LogP contribution in [0.1, 0.15) is 34.8 Å². The van der Waals surface area contributed by atoms with Crippen LogP contribution < -0.4 is 5.32 Å². The summed E-state index contributed by atoms with van der Waals surface area (Å²) in [5.41, 5.74) is 2.71. The van der Waals surface area contributed by atoms with E-state index < -0.39 is 0 Å². The quantitative estimate of drug-likeness (QED) is 0.824. The van der Waals surface area contributed by atoms with Gasteiger partial charge in [-0.05, 0) is 30.2 Å². The Kier molecular flexibility index (Phi) is 3.77. The maximum Gasteiger partial charge on any atom is 0.309 e. The Bertz CT molecular complexity index is 506. The molecule has 1 aliphatic heterocycles. The normalized spacial score (nSPS) is 13.5. The van der Waals surface area contributed by atoms with Gasteiger partial charge in [-0.15, -0.1) is 0 Å². The van der Waals surface area contributed by atoms with Gasteiger partial charge in [0.25, 0.3) is 5.91 Å². The Morgan fingerprint density at radius 3 is 3.11 bits per heavy atom. The first kappa shape index (κ1) is 12.4. The van der Waals surface area contributed by atoms with Crippen LogP contribution in [0.5, 0.6) is 0 Å². The number of hydrogen-bond donors (Lipinski definition) is 1. The average molecular weight is 245 g/mol. The van der Waals surface area contributed by atoms with Crippen LogP contribution in [0.25, 0.3) is 6.08 Å². The molecular weight excluding hydrogens is 230 g/mol. The molecule has 1 aromatic carbocycles. The Balaban J connectivity index is 2.01. The monoisotopic (exact) mass is 245 g/mol. The third-order valence-electron chi connectivity index (χ3n) is 2.71. The molecule has 0 aliphatic carbocycles. The van der Waals surface area contributed by atoms with Gasteiger partial charge in [0.1, 0.15) is 0 Å². The number of esters is 1.